The highest BCUT2D eigenvalue weighted by Gasteiger charge is 2.40. The number of carbonyl (C=O) groups excluding carboxylic acids is 1. The van der Waals surface area contributed by atoms with E-state index in [0.717, 1.165) is 0 Å². The Balaban J connectivity index is 1.76. The van der Waals surface area contributed by atoms with Crippen LogP contribution in [0.2, 0.25) is 0 Å². The Morgan fingerprint density at radius 2 is 1.85 bits per heavy atom. The summed E-state index contributed by atoms with van der Waals surface area (Å²) >= 11 is 0. The molecule has 1 aliphatic heterocycles. The van der Waals surface area contributed by atoms with E-state index < -0.39 is 24.8 Å². The van der Waals surface area contributed by atoms with E-state index in [1.807, 2.05) is 13.8 Å². The van der Waals surface area contributed by atoms with Gasteiger partial charge >= 0.3 is 0 Å². The molecule has 0 saturated carbocycles. The predicted octanol–water partition coefficient (Wildman–Crippen LogP) is 5.70. The maximum absolute atomic E-state index is 14.0. The molecule has 0 atom stereocenters. The lowest BCUT2D eigenvalue weighted by Crippen LogP contribution is -2.27. The number of halogens is 4. The molecule has 1 amide bonds. The smallest absolute Gasteiger partial charge is 0.266 e. The average molecular weight is 473 g/mol. The van der Waals surface area contributed by atoms with Crippen molar-refractivity contribution in [2.24, 2.45) is 0 Å². The Hall–Kier alpha value is -3.56. The highest BCUT2D eigenvalue weighted by Crippen LogP contribution is 2.39. The van der Waals surface area contributed by atoms with Gasteiger partial charge in [-0.2, -0.15) is 0 Å². The van der Waals surface area contributed by atoms with Gasteiger partial charge in [0.2, 0.25) is 0 Å². The van der Waals surface area contributed by atoms with E-state index in [0.29, 0.717) is 17.0 Å². The molecular formula is C24H23F4N5O. The number of amides is 1. The molecule has 1 aliphatic rings. The predicted molar refractivity (Wildman–Crippen MR) is 120 cm³/mol. The molecule has 0 spiro atoms. The van der Waals surface area contributed by atoms with Crippen molar-refractivity contribution in [2.75, 3.05) is 23.3 Å². The van der Waals surface area contributed by atoms with Gasteiger partial charge in [0.15, 0.2) is 5.82 Å². The van der Waals surface area contributed by atoms with Gasteiger partial charge in [0, 0.05) is 48.6 Å². The van der Waals surface area contributed by atoms with Crippen LogP contribution < -0.4 is 10.2 Å². The number of rotatable bonds is 6. The van der Waals surface area contributed by atoms with Crippen molar-refractivity contribution in [1.82, 2.24) is 15.0 Å². The SMILES string of the molecule is CC(C)c1ncc(C(=O)Nc2c(-c3cccc(C(F)F)c3)ccnc2N2CCC(F)(F)C2)cn1. The van der Waals surface area contributed by atoms with Crippen molar-refractivity contribution in [3.05, 3.63) is 65.9 Å². The first-order chi connectivity index (χ1) is 16.1. The molecule has 1 fully saturated rings. The second-order valence-electron chi connectivity index (χ2n) is 8.45. The summed E-state index contributed by atoms with van der Waals surface area (Å²) in [5.41, 5.74) is 0.909. The van der Waals surface area contributed by atoms with Crippen LogP contribution in [-0.2, 0) is 0 Å². The minimum absolute atomic E-state index is 0.0373. The molecular weight excluding hydrogens is 450 g/mol. The Morgan fingerprint density at radius 3 is 2.47 bits per heavy atom. The standard InChI is InChI=1S/C24H23F4N5O/c1-14(2)21-30-11-17(12-31-21)23(34)32-19-18(15-4-3-5-16(10-15)20(25)26)6-8-29-22(19)33-9-7-24(27,28)13-33/h3-6,8,10-12,14,20H,7,9,13H2,1-2H3,(H,32,34). The fraction of sp³-hybridized carbons (Fsp3) is 0.333. The molecule has 10 heteroatoms. The van der Waals surface area contributed by atoms with Crippen molar-refractivity contribution in [1.29, 1.82) is 0 Å². The number of aromatic nitrogens is 3. The van der Waals surface area contributed by atoms with Gasteiger partial charge in [-0.25, -0.2) is 32.5 Å². The zero-order valence-electron chi connectivity index (χ0n) is 18.6. The van der Waals surface area contributed by atoms with Crippen LogP contribution in [0.4, 0.5) is 29.1 Å². The number of carbonyl (C=O) groups is 1. The fourth-order valence-electron chi connectivity index (χ4n) is 3.75. The molecule has 1 N–H and O–H groups in total. The Morgan fingerprint density at radius 1 is 1.12 bits per heavy atom. The number of nitrogens with one attached hydrogen (secondary N) is 1. The molecule has 1 saturated heterocycles. The second kappa shape index (κ2) is 9.36. The van der Waals surface area contributed by atoms with Gasteiger partial charge in [-0.3, -0.25) is 4.79 Å². The van der Waals surface area contributed by atoms with Gasteiger partial charge < -0.3 is 10.2 Å². The summed E-state index contributed by atoms with van der Waals surface area (Å²) < 4.78 is 54.5. The second-order valence-corrected chi connectivity index (χ2v) is 8.45. The molecule has 0 radical (unpaired) electrons. The summed E-state index contributed by atoms with van der Waals surface area (Å²) in [7, 11) is 0. The van der Waals surface area contributed by atoms with Crippen molar-refractivity contribution in [2.45, 2.75) is 38.5 Å². The van der Waals surface area contributed by atoms with E-state index in [1.165, 1.54) is 41.7 Å². The van der Waals surface area contributed by atoms with E-state index in [4.69, 9.17) is 0 Å². The average Bonchev–Trinajstić information content (AvgIpc) is 3.18. The number of nitrogens with zero attached hydrogens (tertiary/aromatic N) is 4. The van der Waals surface area contributed by atoms with E-state index in [9.17, 15) is 22.4 Å². The fourth-order valence-corrected chi connectivity index (χ4v) is 3.75. The van der Waals surface area contributed by atoms with Crippen LogP contribution >= 0.6 is 0 Å². The van der Waals surface area contributed by atoms with Crippen molar-refractivity contribution in [3.8, 4) is 11.1 Å². The summed E-state index contributed by atoms with van der Waals surface area (Å²) in [4.78, 5) is 27.1. The molecule has 0 unspecified atom stereocenters. The summed E-state index contributed by atoms with van der Waals surface area (Å²) in [6.07, 6.45) is 1.14. The highest BCUT2D eigenvalue weighted by molar-refractivity contribution is 6.08. The Labute approximate surface area is 194 Å². The zero-order chi connectivity index (χ0) is 24.5. The molecule has 178 valence electrons. The Bertz CT molecular complexity index is 1180. The number of hydrogen-bond acceptors (Lipinski definition) is 5. The minimum Gasteiger partial charge on any atom is -0.349 e. The van der Waals surface area contributed by atoms with Gasteiger partial charge in [0.05, 0.1) is 17.8 Å². The van der Waals surface area contributed by atoms with Crippen LogP contribution in [0.5, 0.6) is 0 Å². The first kappa shape index (κ1) is 23.6. The third-order valence-corrected chi connectivity index (χ3v) is 5.54. The zero-order valence-corrected chi connectivity index (χ0v) is 18.6. The van der Waals surface area contributed by atoms with Crippen LogP contribution in [-0.4, -0.2) is 39.9 Å². The molecule has 0 bridgehead atoms. The van der Waals surface area contributed by atoms with Crippen LogP contribution in [0.15, 0.2) is 48.9 Å². The number of anilines is 2. The number of pyridine rings is 1. The van der Waals surface area contributed by atoms with Crippen LogP contribution in [0.1, 0.15) is 54.4 Å². The maximum atomic E-state index is 14.0. The maximum Gasteiger partial charge on any atom is 0.266 e. The van der Waals surface area contributed by atoms with E-state index >= 15 is 0 Å². The lowest BCUT2D eigenvalue weighted by Gasteiger charge is -2.23. The largest absolute Gasteiger partial charge is 0.349 e. The third-order valence-electron chi connectivity index (χ3n) is 5.54. The summed E-state index contributed by atoms with van der Waals surface area (Å²) in [6.45, 7) is 3.32. The lowest BCUT2D eigenvalue weighted by molar-refractivity contribution is 0.0257. The first-order valence-electron chi connectivity index (χ1n) is 10.8. The van der Waals surface area contributed by atoms with Crippen LogP contribution in [0.3, 0.4) is 0 Å². The van der Waals surface area contributed by atoms with Crippen LogP contribution in [0, 0.1) is 0 Å². The minimum atomic E-state index is -2.89. The molecule has 3 aromatic rings. The van der Waals surface area contributed by atoms with Crippen LogP contribution in [0.25, 0.3) is 11.1 Å². The number of hydrogen-bond donors (Lipinski definition) is 1. The van der Waals surface area contributed by atoms with Gasteiger partial charge in [-0.1, -0.05) is 32.0 Å². The molecule has 34 heavy (non-hydrogen) atoms. The Kier molecular flexibility index (Phi) is 6.49. The summed E-state index contributed by atoms with van der Waals surface area (Å²) in [5, 5.41) is 2.74. The summed E-state index contributed by atoms with van der Waals surface area (Å²) in [6, 6.07) is 7.24. The van der Waals surface area contributed by atoms with E-state index in [1.54, 1.807) is 12.1 Å². The highest BCUT2D eigenvalue weighted by atomic mass is 19.3. The van der Waals surface area contributed by atoms with Crippen molar-refractivity contribution < 1.29 is 22.4 Å². The molecule has 2 aromatic heterocycles. The first-order valence-corrected chi connectivity index (χ1v) is 10.8. The topological polar surface area (TPSA) is 71.0 Å². The van der Waals surface area contributed by atoms with Gasteiger partial charge in [0.25, 0.3) is 18.3 Å². The normalized spacial score (nSPS) is 15.2. The number of alkyl halides is 4. The van der Waals surface area contributed by atoms with E-state index in [2.05, 4.69) is 20.3 Å². The van der Waals surface area contributed by atoms with Gasteiger partial charge in [-0.15, -0.1) is 0 Å². The number of benzene rings is 1. The van der Waals surface area contributed by atoms with Crippen molar-refractivity contribution in [3.63, 3.8) is 0 Å². The lowest BCUT2D eigenvalue weighted by atomic mass is 10.0. The monoisotopic (exact) mass is 473 g/mol. The van der Waals surface area contributed by atoms with E-state index in [-0.39, 0.29) is 41.5 Å². The van der Waals surface area contributed by atoms with Crippen molar-refractivity contribution >= 4 is 17.4 Å². The molecule has 0 aliphatic carbocycles. The quantitative estimate of drug-likeness (QED) is 0.465. The third kappa shape index (κ3) is 5.00. The van der Waals surface area contributed by atoms with Gasteiger partial charge in [-0.05, 0) is 17.7 Å². The molecule has 4 rings (SSSR count). The molecule has 1 aromatic carbocycles. The molecule has 6 nitrogen and oxygen atoms in total. The molecule has 3 heterocycles. The van der Waals surface area contributed by atoms with Gasteiger partial charge in [0.1, 0.15) is 5.82 Å². The summed E-state index contributed by atoms with van der Waals surface area (Å²) in [5.74, 6) is -2.67.